The van der Waals surface area contributed by atoms with Crippen LogP contribution >= 0.6 is 0 Å². The van der Waals surface area contributed by atoms with Gasteiger partial charge >= 0.3 is 0 Å². The molecule has 5 unspecified atom stereocenters. The quantitative estimate of drug-likeness (QED) is 0.594. The molecule has 0 N–H and O–H groups in total. The number of benzene rings is 1. The first-order valence-corrected chi connectivity index (χ1v) is 8.88. The third-order valence-corrected chi connectivity index (χ3v) is 8.86. The van der Waals surface area contributed by atoms with Crippen molar-refractivity contribution in [2.45, 2.75) is 38.5 Å². The minimum Gasteiger partial charge on any atom is -0.304 e. The van der Waals surface area contributed by atoms with Gasteiger partial charge in [-0.05, 0) is 28.7 Å². The fourth-order valence-electron chi connectivity index (χ4n) is 8.28. The summed E-state index contributed by atoms with van der Waals surface area (Å²) in [6.07, 6.45) is 3.34. The number of aromatic nitrogens is 2. The second-order valence-corrected chi connectivity index (χ2v) is 9.06. The number of hydrogen-bond acceptors (Lipinski definition) is 2. The van der Waals surface area contributed by atoms with Crippen LogP contribution in [0.4, 0.5) is 0 Å². The van der Waals surface area contributed by atoms with Crippen LogP contribution in [0.25, 0.3) is 16.4 Å². The highest BCUT2D eigenvalue weighted by atomic mass is 16.1. The lowest BCUT2D eigenvalue weighted by molar-refractivity contribution is 0.0499. The molecule has 24 heavy (non-hydrogen) atoms. The molecule has 4 aliphatic carbocycles. The molecule has 0 amide bonds. The Morgan fingerprint density at radius 3 is 2.75 bits per heavy atom. The number of nitrogens with zero attached hydrogens (tertiary/aromatic N) is 2. The van der Waals surface area contributed by atoms with Crippen LogP contribution < -0.4 is 5.56 Å². The van der Waals surface area contributed by atoms with Crippen molar-refractivity contribution in [1.29, 1.82) is 0 Å². The van der Waals surface area contributed by atoms with E-state index in [1.165, 1.54) is 12.1 Å². The second kappa shape index (κ2) is 2.83. The topological polar surface area (TPSA) is 34.4 Å². The van der Waals surface area contributed by atoms with Gasteiger partial charge in [-0.1, -0.05) is 45.0 Å². The number of fused-ring (bicyclic) bond motifs is 9. The highest BCUT2D eigenvalue weighted by molar-refractivity contribution is 5.94. The molecule has 3 heteroatoms. The van der Waals surface area contributed by atoms with Crippen LogP contribution in [0, 0.1) is 16.2 Å². The van der Waals surface area contributed by atoms with Crippen LogP contribution in [-0.2, 0) is 5.41 Å². The van der Waals surface area contributed by atoms with Crippen molar-refractivity contribution in [3.63, 3.8) is 0 Å². The number of pyridine rings is 1. The zero-order valence-electron chi connectivity index (χ0n) is 14.1. The fourth-order valence-corrected chi connectivity index (χ4v) is 8.28. The minimum absolute atomic E-state index is 0.0205. The lowest BCUT2D eigenvalue weighted by atomic mass is 9.54. The maximum absolute atomic E-state index is 13.0. The van der Waals surface area contributed by atoms with E-state index in [9.17, 15) is 4.79 Å². The molecule has 0 aliphatic heterocycles. The van der Waals surface area contributed by atoms with Crippen LogP contribution in [0.5, 0.6) is 0 Å². The molecular weight excluding hydrogens is 296 g/mol. The van der Waals surface area contributed by atoms with Crippen molar-refractivity contribution in [1.82, 2.24) is 9.38 Å². The molecule has 1 aromatic carbocycles. The van der Waals surface area contributed by atoms with E-state index in [2.05, 4.69) is 54.6 Å². The van der Waals surface area contributed by atoms with Crippen LogP contribution in [0.2, 0.25) is 0 Å². The largest absolute Gasteiger partial charge is 0.304 e. The van der Waals surface area contributed by atoms with E-state index in [1.807, 2.05) is 12.1 Å². The zero-order valence-corrected chi connectivity index (χ0v) is 14.1. The molecule has 1 spiro atoms. The SMILES string of the molecule is CC12CC3(C)C4(C)C(c5c1n1ccc6ccccc6c1nc5=O)C234. The molecule has 2 heterocycles. The van der Waals surface area contributed by atoms with Crippen molar-refractivity contribution in [2.75, 3.05) is 0 Å². The highest BCUT2D eigenvalue weighted by Gasteiger charge is 3.13. The Kier molecular flexibility index (Phi) is 1.44. The van der Waals surface area contributed by atoms with Gasteiger partial charge in [0.1, 0.15) is 5.65 Å². The monoisotopic (exact) mass is 314 g/mol. The smallest absolute Gasteiger partial charge is 0.277 e. The van der Waals surface area contributed by atoms with E-state index in [4.69, 9.17) is 0 Å². The molecule has 3 fully saturated rings. The van der Waals surface area contributed by atoms with Gasteiger partial charge in [0.05, 0.1) is 0 Å². The molecule has 118 valence electrons. The lowest BCUT2D eigenvalue weighted by Gasteiger charge is -2.49. The van der Waals surface area contributed by atoms with E-state index in [-0.39, 0.29) is 11.0 Å². The van der Waals surface area contributed by atoms with E-state index in [0.717, 1.165) is 22.0 Å². The van der Waals surface area contributed by atoms with Gasteiger partial charge in [-0.25, -0.2) is 0 Å². The van der Waals surface area contributed by atoms with Crippen LogP contribution in [0.1, 0.15) is 44.4 Å². The summed E-state index contributed by atoms with van der Waals surface area (Å²) in [6, 6.07) is 10.4. The summed E-state index contributed by atoms with van der Waals surface area (Å²) in [7, 11) is 0. The predicted molar refractivity (Wildman–Crippen MR) is 92.3 cm³/mol. The van der Waals surface area contributed by atoms with Gasteiger partial charge < -0.3 is 4.40 Å². The summed E-state index contributed by atoms with van der Waals surface area (Å²) in [4.78, 5) is 17.5. The maximum Gasteiger partial charge on any atom is 0.277 e. The zero-order chi connectivity index (χ0) is 16.3. The Balaban J connectivity index is 1.68. The molecule has 2 aromatic heterocycles. The van der Waals surface area contributed by atoms with Gasteiger partial charge in [0, 0.05) is 39.6 Å². The van der Waals surface area contributed by atoms with Crippen molar-refractivity contribution in [2.24, 2.45) is 16.2 Å². The van der Waals surface area contributed by atoms with E-state index in [1.54, 1.807) is 0 Å². The van der Waals surface area contributed by atoms with Crippen molar-refractivity contribution >= 4 is 16.4 Å². The lowest BCUT2D eigenvalue weighted by Crippen LogP contribution is -2.46. The average Bonchev–Trinajstić information content (AvgIpc) is 3.27. The molecule has 0 saturated heterocycles. The van der Waals surface area contributed by atoms with E-state index >= 15 is 0 Å². The maximum atomic E-state index is 13.0. The molecule has 3 aromatic rings. The predicted octanol–water partition coefficient (Wildman–Crippen LogP) is 3.63. The summed E-state index contributed by atoms with van der Waals surface area (Å²) in [5, 5.41) is 2.22. The third kappa shape index (κ3) is 0.736. The average molecular weight is 314 g/mol. The van der Waals surface area contributed by atoms with Crippen molar-refractivity contribution in [3.05, 3.63) is 58.1 Å². The van der Waals surface area contributed by atoms with Gasteiger partial charge in [0.2, 0.25) is 0 Å². The first kappa shape index (κ1) is 12.2. The normalized spacial score (nSPS) is 45.5. The summed E-state index contributed by atoms with van der Waals surface area (Å²) in [5.74, 6) is 0.451. The Bertz CT molecular complexity index is 1230. The Labute approximate surface area is 139 Å². The van der Waals surface area contributed by atoms with Crippen LogP contribution in [0.15, 0.2) is 41.3 Å². The second-order valence-electron chi connectivity index (χ2n) is 9.06. The first-order chi connectivity index (χ1) is 11.4. The minimum atomic E-state index is 0.0205. The van der Waals surface area contributed by atoms with Gasteiger partial charge in [0.25, 0.3) is 5.56 Å². The summed E-state index contributed by atoms with van der Waals surface area (Å²) >= 11 is 0. The van der Waals surface area contributed by atoms with Crippen LogP contribution in [-0.4, -0.2) is 9.38 Å². The standard InChI is InChI=1S/C21H18N2O/c1-18-10-19(2)20(3)14(21(18,19)20)13-15(18)23-9-8-11-6-4-5-7-12(11)16(23)22-17(13)24/h4-9,14H,10H2,1-3H3. The summed E-state index contributed by atoms with van der Waals surface area (Å²) < 4.78 is 2.23. The van der Waals surface area contributed by atoms with Crippen LogP contribution in [0.3, 0.4) is 0 Å². The Hall–Kier alpha value is -2.16. The van der Waals surface area contributed by atoms with Crippen molar-refractivity contribution < 1.29 is 0 Å². The summed E-state index contributed by atoms with van der Waals surface area (Å²) in [6.45, 7) is 7.23. The van der Waals surface area contributed by atoms with E-state index in [0.29, 0.717) is 22.2 Å². The Morgan fingerprint density at radius 1 is 1.17 bits per heavy atom. The molecule has 7 rings (SSSR count). The number of rotatable bonds is 0. The molecule has 5 atom stereocenters. The fraction of sp³-hybridized carbons (Fsp3) is 0.429. The molecule has 4 aliphatic rings. The third-order valence-electron chi connectivity index (χ3n) is 8.86. The van der Waals surface area contributed by atoms with Gasteiger partial charge in [0.15, 0.2) is 0 Å². The van der Waals surface area contributed by atoms with Gasteiger partial charge in [-0.15, -0.1) is 0 Å². The summed E-state index contributed by atoms with van der Waals surface area (Å²) in [5.41, 5.74) is 4.44. The van der Waals surface area contributed by atoms with Crippen molar-refractivity contribution in [3.8, 4) is 0 Å². The molecular formula is C21H18N2O. The van der Waals surface area contributed by atoms with E-state index < -0.39 is 0 Å². The van der Waals surface area contributed by atoms with Gasteiger partial charge in [-0.2, -0.15) is 4.98 Å². The molecule has 0 radical (unpaired) electrons. The highest BCUT2D eigenvalue weighted by Crippen LogP contribution is 3.16. The van der Waals surface area contributed by atoms with Gasteiger partial charge in [-0.3, -0.25) is 4.79 Å². The molecule has 0 bridgehead atoms. The Morgan fingerprint density at radius 2 is 1.96 bits per heavy atom. The molecule has 3 nitrogen and oxygen atoms in total. The molecule has 3 saturated carbocycles. The first-order valence-electron chi connectivity index (χ1n) is 8.88. The number of hydrogen-bond donors (Lipinski definition) is 0.